The Morgan fingerprint density at radius 3 is 2.29 bits per heavy atom. The van der Waals surface area contributed by atoms with Crippen LogP contribution in [0.2, 0.25) is 0 Å². The lowest BCUT2D eigenvalue weighted by Gasteiger charge is -2.33. The maximum Gasteiger partial charge on any atom is 0.289 e. The summed E-state index contributed by atoms with van der Waals surface area (Å²) in [7, 11) is 0. The Labute approximate surface area is 167 Å². The first-order valence-corrected chi connectivity index (χ1v) is 11.0. The molecule has 0 aliphatic carbocycles. The number of fused-ring (bicyclic) bond motifs is 1. The molecule has 2 saturated heterocycles. The highest BCUT2D eigenvalue weighted by molar-refractivity contribution is 5.97. The van der Waals surface area contributed by atoms with Gasteiger partial charge < -0.3 is 19.3 Å². The highest BCUT2D eigenvalue weighted by Gasteiger charge is 2.33. The summed E-state index contributed by atoms with van der Waals surface area (Å²) in [6.45, 7) is 11.1. The van der Waals surface area contributed by atoms with Crippen LogP contribution >= 0.6 is 0 Å². The number of nitrogens with zero attached hydrogens (tertiary/aromatic N) is 5. The first-order chi connectivity index (χ1) is 13.6. The van der Waals surface area contributed by atoms with E-state index >= 15 is 0 Å². The molecular formula is C21H33N5O2. The van der Waals surface area contributed by atoms with E-state index in [1.165, 1.54) is 0 Å². The lowest BCUT2D eigenvalue weighted by atomic mass is 9.99. The number of likely N-dealkylation sites (tertiary alicyclic amines) is 1. The van der Waals surface area contributed by atoms with Gasteiger partial charge in [-0.15, -0.1) is 0 Å². The second kappa shape index (κ2) is 8.23. The third kappa shape index (κ3) is 3.69. The predicted molar refractivity (Wildman–Crippen MR) is 107 cm³/mol. The van der Waals surface area contributed by atoms with Crippen molar-refractivity contribution in [3.05, 3.63) is 17.2 Å². The zero-order chi connectivity index (χ0) is 19.7. The summed E-state index contributed by atoms with van der Waals surface area (Å²) in [5, 5.41) is 0. The van der Waals surface area contributed by atoms with E-state index in [9.17, 15) is 9.59 Å². The van der Waals surface area contributed by atoms with Gasteiger partial charge in [-0.25, -0.2) is 4.98 Å². The molecule has 0 radical (unpaired) electrons. The summed E-state index contributed by atoms with van der Waals surface area (Å²) >= 11 is 0. The lowest BCUT2D eigenvalue weighted by Crippen LogP contribution is -2.48. The van der Waals surface area contributed by atoms with Crippen LogP contribution in [0.1, 0.15) is 66.3 Å². The topological polar surface area (TPSA) is 61.7 Å². The highest BCUT2D eigenvalue weighted by atomic mass is 16.2. The van der Waals surface area contributed by atoms with Crippen LogP contribution in [0.25, 0.3) is 0 Å². The standard InChI is InChI=1S/C21H33N5O2/c1-3-23-12-14-25(15-13-23)20(27)18-17-6-4-5-9-26(17)19(22-18)21(28)24-10-7-16(2)8-11-24/h16H,3-15H2,1-2H3. The molecule has 7 nitrogen and oxygen atoms in total. The molecule has 1 aromatic heterocycles. The monoisotopic (exact) mass is 387 g/mol. The summed E-state index contributed by atoms with van der Waals surface area (Å²) in [5.74, 6) is 1.18. The minimum Gasteiger partial charge on any atom is -0.336 e. The Morgan fingerprint density at radius 2 is 1.61 bits per heavy atom. The Morgan fingerprint density at radius 1 is 0.929 bits per heavy atom. The van der Waals surface area contributed by atoms with Crippen molar-refractivity contribution in [2.24, 2.45) is 5.92 Å². The second-order valence-corrected chi connectivity index (χ2v) is 8.54. The van der Waals surface area contributed by atoms with Crippen molar-refractivity contribution in [3.63, 3.8) is 0 Å². The lowest BCUT2D eigenvalue weighted by molar-refractivity contribution is 0.0636. The zero-order valence-corrected chi connectivity index (χ0v) is 17.3. The number of amides is 2. The molecule has 28 heavy (non-hydrogen) atoms. The van der Waals surface area contributed by atoms with Gasteiger partial charge in [0.05, 0.1) is 5.69 Å². The van der Waals surface area contributed by atoms with Gasteiger partial charge in [0.15, 0.2) is 5.82 Å². The van der Waals surface area contributed by atoms with Crippen LogP contribution in [0, 0.1) is 5.92 Å². The molecule has 2 amide bonds. The highest BCUT2D eigenvalue weighted by Crippen LogP contribution is 2.25. The number of piperidine rings is 1. The summed E-state index contributed by atoms with van der Waals surface area (Å²) < 4.78 is 2.04. The number of piperazine rings is 1. The summed E-state index contributed by atoms with van der Waals surface area (Å²) in [4.78, 5) is 37.3. The molecule has 0 atom stereocenters. The molecule has 0 unspecified atom stereocenters. The number of hydrogen-bond acceptors (Lipinski definition) is 4. The quantitative estimate of drug-likeness (QED) is 0.794. The molecule has 7 heteroatoms. The number of aromatic nitrogens is 2. The molecule has 1 aromatic rings. The minimum absolute atomic E-state index is 0.00454. The van der Waals surface area contributed by atoms with Crippen molar-refractivity contribution in [3.8, 4) is 0 Å². The van der Waals surface area contributed by atoms with Crippen molar-refractivity contribution in [1.29, 1.82) is 0 Å². The van der Waals surface area contributed by atoms with E-state index in [1.807, 2.05) is 14.4 Å². The third-order valence-corrected chi connectivity index (χ3v) is 6.69. The van der Waals surface area contributed by atoms with E-state index in [2.05, 4.69) is 23.7 Å². The van der Waals surface area contributed by atoms with Gasteiger partial charge in [0.2, 0.25) is 0 Å². The van der Waals surface area contributed by atoms with Crippen molar-refractivity contribution in [2.45, 2.75) is 52.5 Å². The number of carbonyl (C=O) groups is 2. The summed E-state index contributed by atoms with van der Waals surface area (Å²) in [6, 6.07) is 0. The molecule has 0 spiro atoms. The van der Waals surface area contributed by atoms with E-state index in [0.717, 1.165) is 90.2 Å². The molecular weight excluding hydrogens is 354 g/mol. The fourth-order valence-corrected chi connectivity index (χ4v) is 4.65. The van der Waals surface area contributed by atoms with E-state index in [-0.39, 0.29) is 11.8 Å². The number of hydrogen-bond donors (Lipinski definition) is 0. The van der Waals surface area contributed by atoms with Gasteiger partial charge in [-0.05, 0) is 44.6 Å². The van der Waals surface area contributed by atoms with Gasteiger partial charge in [0.1, 0.15) is 5.69 Å². The van der Waals surface area contributed by atoms with Gasteiger partial charge in [0.25, 0.3) is 11.8 Å². The predicted octanol–water partition coefficient (Wildman–Crippen LogP) is 1.87. The fraction of sp³-hybridized carbons (Fsp3) is 0.762. The molecule has 0 N–H and O–H groups in total. The van der Waals surface area contributed by atoms with Crippen LogP contribution in [0.3, 0.4) is 0 Å². The average Bonchev–Trinajstić information content (AvgIpc) is 3.13. The first kappa shape index (κ1) is 19.4. The van der Waals surface area contributed by atoms with Crippen molar-refractivity contribution < 1.29 is 9.59 Å². The smallest absolute Gasteiger partial charge is 0.289 e. The molecule has 0 saturated carbocycles. The first-order valence-electron chi connectivity index (χ1n) is 11.0. The molecule has 154 valence electrons. The van der Waals surface area contributed by atoms with Crippen LogP contribution in [-0.4, -0.2) is 81.9 Å². The Hall–Kier alpha value is -1.89. The van der Waals surface area contributed by atoms with Gasteiger partial charge in [-0.1, -0.05) is 13.8 Å². The number of rotatable bonds is 3. The van der Waals surface area contributed by atoms with Crippen molar-refractivity contribution >= 4 is 11.8 Å². The maximum absolute atomic E-state index is 13.2. The Balaban J connectivity index is 1.57. The largest absolute Gasteiger partial charge is 0.336 e. The van der Waals surface area contributed by atoms with Crippen LogP contribution in [0.5, 0.6) is 0 Å². The maximum atomic E-state index is 13.2. The van der Waals surface area contributed by atoms with Crippen LogP contribution in [0.4, 0.5) is 0 Å². The zero-order valence-electron chi connectivity index (χ0n) is 17.3. The van der Waals surface area contributed by atoms with Gasteiger partial charge >= 0.3 is 0 Å². The van der Waals surface area contributed by atoms with Gasteiger partial charge in [0, 0.05) is 45.8 Å². The Bertz CT molecular complexity index is 727. The molecule has 4 rings (SSSR count). The van der Waals surface area contributed by atoms with Crippen molar-refractivity contribution in [1.82, 2.24) is 24.3 Å². The van der Waals surface area contributed by atoms with Crippen LogP contribution in [0.15, 0.2) is 0 Å². The van der Waals surface area contributed by atoms with Gasteiger partial charge in [-0.3, -0.25) is 9.59 Å². The second-order valence-electron chi connectivity index (χ2n) is 8.54. The third-order valence-electron chi connectivity index (χ3n) is 6.69. The van der Waals surface area contributed by atoms with Crippen LogP contribution < -0.4 is 0 Å². The van der Waals surface area contributed by atoms with E-state index in [4.69, 9.17) is 0 Å². The normalized spacial score (nSPS) is 21.6. The molecule has 0 aromatic carbocycles. The molecule has 0 bridgehead atoms. The number of imidazole rings is 1. The van der Waals surface area contributed by atoms with E-state index in [0.29, 0.717) is 17.4 Å². The van der Waals surface area contributed by atoms with Gasteiger partial charge in [-0.2, -0.15) is 0 Å². The molecule has 2 fully saturated rings. The molecule has 3 aliphatic heterocycles. The average molecular weight is 388 g/mol. The van der Waals surface area contributed by atoms with Crippen LogP contribution in [-0.2, 0) is 13.0 Å². The Kier molecular flexibility index (Phi) is 5.71. The summed E-state index contributed by atoms with van der Waals surface area (Å²) in [5.41, 5.74) is 1.50. The van der Waals surface area contributed by atoms with E-state index < -0.39 is 0 Å². The summed E-state index contributed by atoms with van der Waals surface area (Å²) in [6.07, 6.45) is 5.04. The van der Waals surface area contributed by atoms with Crippen molar-refractivity contribution in [2.75, 3.05) is 45.8 Å². The number of likely N-dealkylation sites (N-methyl/N-ethyl adjacent to an activating group) is 1. The molecule has 4 heterocycles. The number of carbonyl (C=O) groups excluding carboxylic acids is 2. The fourth-order valence-electron chi connectivity index (χ4n) is 4.65. The van der Waals surface area contributed by atoms with E-state index in [1.54, 1.807) is 0 Å². The minimum atomic E-state index is 0.00454. The SMILES string of the molecule is CCN1CCN(C(=O)c2nc(C(=O)N3CCC(C)CC3)n3c2CCCC3)CC1. The molecule has 3 aliphatic rings.